The van der Waals surface area contributed by atoms with Gasteiger partial charge in [-0.25, -0.2) is 0 Å². The summed E-state index contributed by atoms with van der Waals surface area (Å²) in [6, 6.07) is 7.78. The number of hydrogen-bond donors (Lipinski definition) is 2. The van der Waals surface area contributed by atoms with Crippen LogP contribution >= 0.6 is 11.8 Å². The lowest BCUT2D eigenvalue weighted by Gasteiger charge is -2.08. The fourth-order valence-corrected chi connectivity index (χ4v) is 3.91. The van der Waals surface area contributed by atoms with Crippen LogP contribution in [0.25, 0.3) is 0 Å². The number of ether oxygens (including phenoxy) is 1. The molecule has 10 nitrogen and oxygen atoms in total. The van der Waals surface area contributed by atoms with Gasteiger partial charge in [0.15, 0.2) is 5.82 Å². The first-order valence-electron chi connectivity index (χ1n) is 11.2. The molecule has 0 amide bonds. The van der Waals surface area contributed by atoms with Gasteiger partial charge in [-0.05, 0) is 58.9 Å². The first kappa shape index (κ1) is 27.8. The van der Waals surface area contributed by atoms with Crippen LogP contribution in [0.1, 0.15) is 35.9 Å². The summed E-state index contributed by atoms with van der Waals surface area (Å²) in [7, 11) is 7.94. The van der Waals surface area contributed by atoms with Gasteiger partial charge in [-0.15, -0.1) is 0 Å². The van der Waals surface area contributed by atoms with Gasteiger partial charge in [0, 0.05) is 25.3 Å². The van der Waals surface area contributed by atoms with Gasteiger partial charge < -0.3 is 34.4 Å². The molecule has 0 fully saturated rings. The van der Waals surface area contributed by atoms with Crippen LogP contribution in [0.3, 0.4) is 0 Å². The number of nitro groups is 1. The molecule has 3 N–H and O–H groups in total. The Morgan fingerprint density at radius 2 is 1.65 bits per heavy atom. The zero-order chi connectivity index (χ0) is 24.9. The average molecular weight is 496 g/mol. The normalized spacial score (nSPS) is 12.4. The standard InChI is InChI=1S/C23H37N5O5S/c1-26(2)14-18-7-9-20(32-18)16-31-12-5-6-22(28(29)30)23(24)25-11-13-34-17-21-10-8-19(33-21)15-27(3)4/h7-10,25H,5-6,11-17,24H2,1-4H3. The van der Waals surface area contributed by atoms with Crippen molar-refractivity contribution in [2.75, 3.05) is 47.1 Å². The maximum absolute atomic E-state index is 11.4. The Morgan fingerprint density at radius 1 is 1.06 bits per heavy atom. The van der Waals surface area contributed by atoms with Gasteiger partial charge in [0.1, 0.15) is 29.6 Å². The third-order valence-electron chi connectivity index (χ3n) is 4.66. The second kappa shape index (κ2) is 14.7. The van der Waals surface area contributed by atoms with Crippen LogP contribution in [0.4, 0.5) is 0 Å². The fourth-order valence-electron chi connectivity index (χ4n) is 3.16. The molecule has 34 heavy (non-hydrogen) atoms. The van der Waals surface area contributed by atoms with Gasteiger partial charge in [0.25, 0.3) is 5.70 Å². The highest BCUT2D eigenvalue weighted by molar-refractivity contribution is 7.98. The van der Waals surface area contributed by atoms with Crippen molar-refractivity contribution in [2.24, 2.45) is 5.73 Å². The summed E-state index contributed by atoms with van der Waals surface area (Å²) in [5.74, 6) is 5.06. The first-order chi connectivity index (χ1) is 16.2. The number of furan rings is 2. The lowest BCUT2D eigenvalue weighted by Crippen LogP contribution is -2.26. The summed E-state index contributed by atoms with van der Waals surface area (Å²) in [6.45, 7) is 2.74. The van der Waals surface area contributed by atoms with Gasteiger partial charge in [-0.3, -0.25) is 10.1 Å². The van der Waals surface area contributed by atoms with E-state index < -0.39 is 4.92 Å². The molecule has 0 aliphatic carbocycles. The van der Waals surface area contributed by atoms with Crippen molar-refractivity contribution in [1.29, 1.82) is 0 Å². The van der Waals surface area contributed by atoms with E-state index in [1.807, 2.05) is 57.4 Å². The predicted molar refractivity (Wildman–Crippen MR) is 133 cm³/mol. The third-order valence-corrected chi connectivity index (χ3v) is 5.64. The quantitative estimate of drug-likeness (QED) is 0.192. The molecular weight excluding hydrogens is 458 g/mol. The van der Waals surface area contributed by atoms with E-state index in [-0.39, 0.29) is 17.9 Å². The average Bonchev–Trinajstić information content (AvgIpc) is 3.38. The van der Waals surface area contributed by atoms with Crippen LogP contribution in [0.5, 0.6) is 0 Å². The number of allylic oxidation sites excluding steroid dienone is 1. The molecule has 0 spiro atoms. The van der Waals surface area contributed by atoms with E-state index in [0.29, 0.717) is 26.2 Å². The van der Waals surface area contributed by atoms with Gasteiger partial charge >= 0.3 is 0 Å². The Hall–Kier alpha value is -2.47. The molecule has 11 heteroatoms. The smallest absolute Gasteiger partial charge is 0.285 e. The van der Waals surface area contributed by atoms with Gasteiger partial charge in [0.2, 0.25) is 0 Å². The Balaban J connectivity index is 1.65. The Bertz CT molecular complexity index is 909. The topological polar surface area (TPSA) is 123 Å². The summed E-state index contributed by atoms with van der Waals surface area (Å²) in [4.78, 5) is 15.1. The van der Waals surface area contributed by atoms with E-state index in [1.54, 1.807) is 11.8 Å². The van der Waals surface area contributed by atoms with E-state index >= 15 is 0 Å². The minimum atomic E-state index is -0.426. The molecule has 0 aromatic carbocycles. The maximum Gasteiger partial charge on any atom is 0.285 e. The van der Waals surface area contributed by atoms with Crippen LogP contribution in [0.2, 0.25) is 0 Å². The van der Waals surface area contributed by atoms with Crippen molar-refractivity contribution in [3.05, 3.63) is 68.9 Å². The molecule has 0 saturated heterocycles. The van der Waals surface area contributed by atoms with E-state index in [2.05, 4.69) is 10.2 Å². The Kier molecular flexibility index (Phi) is 12.0. The molecule has 190 valence electrons. The molecule has 0 bridgehead atoms. The molecule has 0 radical (unpaired) electrons. The minimum Gasteiger partial charge on any atom is -0.464 e. The number of nitrogens with zero attached hydrogens (tertiary/aromatic N) is 3. The zero-order valence-electron chi connectivity index (χ0n) is 20.5. The lowest BCUT2D eigenvalue weighted by molar-refractivity contribution is -0.429. The Labute approximate surface area is 205 Å². The molecule has 2 heterocycles. The largest absolute Gasteiger partial charge is 0.464 e. The number of rotatable bonds is 17. The van der Waals surface area contributed by atoms with Crippen LogP contribution in [-0.4, -0.2) is 61.8 Å². The molecule has 2 rings (SSSR count). The van der Waals surface area contributed by atoms with Crippen LogP contribution in [0.15, 0.2) is 44.6 Å². The van der Waals surface area contributed by atoms with E-state index in [0.717, 1.165) is 47.6 Å². The predicted octanol–water partition coefficient (Wildman–Crippen LogP) is 3.22. The lowest BCUT2D eigenvalue weighted by atomic mass is 10.2. The number of thioether (sulfide) groups is 1. The fraction of sp³-hybridized carbons (Fsp3) is 0.565. The van der Waals surface area contributed by atoms with E-state index in [9.17, 15) is 10.1 Å². The minimum absolute atomic E-state index is 0.0146. The number of nitrogens with two attached hydrogens (primary N) is 1. The maximum atomic E-state index is 11.4. The number of hydrogen-bond acceptors (Lipinski definition) is 10. The summed E-state index contributed by atoms with van der Waals surface area (Å²) in [6.07, 6.45) is 0.719. The summed E-state index contributed by atoms with van der Waals surface area (Å²) >= 11 is 1.68. The summed E-state index contributed by atoms with van der Waals surface area (Å²) in [5.41, 5.74) is 5.93. The second-order valence-electron chi connectivity index (χ2n) is 8.46. The van der Waals surface area contributed by atoms with Crippen molar-refractivity contribution >= 4 is 11.8 Å². The molecular formula is C23H37N5O5S. The van der Waals surface area contributed by atoms with Crippen molar-refractivity contribution in [2.45, 2.75) is 38.3 Å². The third kappa shape index (κ3) is 10.6. The SMILES string of the molecule is CN(C)Cc1ccc(COCCCC(=C(N)NCCSCc2ccc(CN(C)C)o2)[N+](=O)[O-])o1. The van der Waals surface area contributed by atoms with Crippen molar-refractivity contribution < 1.29 is 18.5 Å². The molecule has 2 aromatic heterocycles. The van der Waals surface area contributed by atoms with Crippen molar-refractivity contribution in [3.8, 4) is 0 Å². The molecule has 0 saturated carbocycles. The van der Waals surface area contributed by atoms with Crippen LogP contribution in [0, 0.1) is 10.1 Å². The zero-order valence-corrected chi connectivity index (χ0v) is 21.4. The molecule has 0 aliphatic heterocycles. The Morgan fingerprint density at radius 3 is 2.26 bits per heavy atom. The monoisotopic (exact) mass is 495 g/mol. The summed E-state index contributed by atoms with van der Waals surface area (Å²) in [5, 5.41) is 14.4. The van der Waals surface area contributed by atoms with Gasteiger partial charge in [0.05, 0.1) is 23.8 Å². The summed E-state index contributed by atoms with van der Waals surface area (Å²) < 4.78 is 17.1. The molecule has 0 atom stereocenters. The van der Waals surface area contributed by atoms with Gasteiger partial charge in [-0.1, -0.05) is 0 Å². The highest BCUT2D eigenvalue weighted by Crippen LogP contribution is 2.16. The highest BCUT2D eigenvalue weighted by atomic mass is 32.2. The van der Waals surface area contributed by atoms with Crippen molar-refractivity contribution in [3.63, 3.8) is 0 Å². The molecule has 0 unspecified atom stereocenters. The first-order valence-corrected chi connectivity index (χ1v) is 12.4. The molecule has 0 aliphatic rings. The second-order valence-corrected chi connectivity index (χ2v) is 9.57. The number of nitrogens with one attached hydrogen (secondary N) is 1. The van der Waals surface area contributed by atoms with E-state index in [1.165, 1.54) is 0 Å². The van der Waals surface area contributed by atoms with Crippen molar-refractivity contribution in [1.82, 2.24) is 15.1 Å². The highest BCUT2D eigenvalue weighted by Gasteiger charge is 2.16. The van der Waals surface area contributed by atoms with E-state index in [4.69, 9.17) is 19.3 Å². The van der Waals surface area contributed by atoms with Crippen LogP contribution < -0.4 is 11.1 Å². The van der Waals surface area contributed by atoms with Gasteiger partial charge in [-0.2, -0.15) is 11.8 Å². The van der Waals surface area contributed by atoms with Crippen LogP contribution in [-0.2, 0) is 30.2 Å². The molecule has 2 aromatic rings.